The van der Waals surface area contributed by atoms with Crippen LogP contribution >= 0.6 is 23.4 Å². The van der Waals surface area contributed by atoms with E-state index in [1.165, 1.54) is 42.3 Å². The highest BCUT2D eigenvalue weighted by molar-refractivity contribution is 7.98. The quantitative estimate of drug-likeness (QED) is 0.580. The van der Waals surface area contributed by atoms with Crippen molar-refractivity contribution >= 4 is 46.8 Å². The average molecular weight is 436 g/mol. The van der Waals surface area contributed by atoms with E-state index < -0.39 is 30.4 Å². The van der Waals surface area contributed by atoms with Crippen LogP contribution in [0.5, 0.6) is 0 Å². The number of hydrogen-bond acceptors (Lipinski definition) is 7. The first kappa shape index (κ1) is 22.3. The van der Waals surface area contributed by atoms with Crippen LogP contribution in [0.1, 0.15) is 22.5 Å². The summed E-state index contributed by atoms with van der Waals surface area (Å²) in [6.07, 6.45) is 3.55. The Morgan fingerprint density at radius 1 is 1.34 bits per heavy atom. The molecule has 8 nitrogen and oxygen atoms in total. The first-order valence-corrected chi connectivity index (χ1v) is 10.2. The number of ether oxygens (including phenoxy) is 1. The second-order valence-corrected chi connectivity index (χ2v) is 7.14. The van der Waals surface area contributed by atoms with E-state index in [-0.39, 0.29) is 16.3 Å². The molecular weight excluding hydrogens is 418 g/mol. The summed E-state index contributed by atoms with van der Waals surface area (Å²) >= 11 is 7.42. The number of nitriles is 1. The van der Waals surface area contributed by atoms with E-state index in [0.29, 0.717) is 17.9 Å². The molecule has 0 saturated heterocycles. The number of thioether (sulfide) groups is 1. The molecular formula is C19H18ClN3O5S. The van der Waals surface area contributed by atoms with Crippen molar-refractivity contribution in [3.8, 4) is 6.07 Å². The summed E-state index contributed by atoms with van der Waals surface area (Å²) < 4.78 is 10.0. The van der Waals surface area contributed by atoms with Crippen LogP contribution in [-0.4, -0.2) is 42.4 Å². The predicted octanol–water partition coefficient (Wildman–Crippen LogP) is 2.84. The SMILES string of the molecule is CSCC[C@@H](NC(=O)c1ccco1)C(=O)OCC(=O)Nc1ccc(C#N)c(Cl)c1. The Morgan fingerprint density at radius 3 is 2.76 bits per heavy atom. The van der Waals surface area contributed by atoms with Crippen LogP contribution in [-0.2, 0) is 14.3 Å². The summed E-state index contributed by atoms with van der Waals surface area (Å²) in [5.74, 6) is -1.18. The molecule has 10 heteroatoms. The predicted molar refractivity (Wildman–Crippen MR) is 109 cm³/mol. The Morgan fingerprint density at radius 2 is 2.14 bits per heavy atom. The Bertz CT molecular complexity index is 911. The third kappa shape index (κ3) is 6.85. The maximum absolute atomic E-state index is 12.3. The van der Waals surface area contributed by atoms with Crippen LogP contribution < -0.4 is 10.6 Å². The van der Waals surface area contributed by atoms with E-state index >= 15 is 0 Å². The molecule has 0 radical (unpaired) electrons. The minimum Gasteiger partial charge on any atom is -0.459 e. The number of furan rings is 1. The fourth-order valence-electron chi connectivity index (χ4n) is 2.24. The van der Waals surface area contributed by atoms with E-state index in [9.17, 15) is 14.4 Å². The van der Waals surface area contributed by atoms with Gasteiger partial charge in [-0.1, -0.05) is 11.6 Å². The van der Waals surface area contributed by atoms with Gasteiger partial charge in [-0.05, 0) is 48.8 Å². The van der Waals surface area contributed by atoms with Crippen LogP contribution in [0.4, 0.5) is 5.69 Å². The number of rotatable bonds is 9. The standard InChI is InChI=1S/C19H18ClN3O5S/c1-29-8-6-15(23-18(25)16-3-2-7-27-16)19(26)28-11-17(24)22-13-5-4-12(10-21)14(20)9-13/h2-5,7,9,15H,6,8,11H2,1H3,(H,22,24)(H,23,25)/t15-/m1/s1. The molecule has 0 bridgehead atoms. The van der Waals surface area contributed by atoms with Crippen molar-refractivity contribution in [1.82, 2.24) is 5.32 Å². The fourth-order valence-corrected chi connectivity index (χ4v) is 2.93. The largest absolute Gasteiger partial charge is 0.459 e. The van der Waals surface area contributed by atoms with Crippen molar-refractivity contribution < 1.29 is 23.5 Å². The van der Waals surface area contributed by atoms with Crippen LogP contribution in [0.15, 0.2) is 41.0 Å². The topological polar surface area (TPSA) is 121 Å². The first-order chi connectivity index (χ1) is 13.9. The molecule has 1 heterocycles. The number of nitrogens with one attached hydrogen (secondary N) is 2. The molecule has 1 aromatic carbocycles. The van der Waals surface area contributed by atoms with Crippen molar-refractivity contribution in [2.75, 3.05) is 23.9 Å². The highest BCUT2D eigenvalue weighted by Gasteiger charge is 2.24. The molecule has 1 aromatic heterocycles. The third-order valence-electron chi connectivity index (χ3n) is 3.66. The Hall–Kier alpha value is -2.96. The number of amides is 2. The van der Waals surface area contributed by atoms with Crippen molar-refractivity contribution in [3.63, 3.8) is 0 Å². The molecule has 29 heavy (non-hydrogen) atoms. The molecule has 0 spiro atoms. The zero-order valence-corrected chi connectivity index (χ0v) is 17.0. The molecule has 0 aliphatic heterocycles. The lowest BCUT2D eigenvalue weighted by molar-refractivity contribution is -0.149. The van der Waals surface area contributed by atoms with Crippen LogP contribution in [0, 0.1) is 11.3 Å². The van der Waals surface area contributed by atoms with Gasteiger partial charge in [0.1, 0.15) is 12.1 Å². The van der Waals surface area contributed by atoms with Crippen molar-refractivity contribution in [3.05, 3.63) is 52.9 Å². The highest BCUT2D eigenvalue weighted by Crippen LogP contribution is 2.20. The molecule has 2 aromatic rings. The lowest BCUT2D eigenvalue weighted by atomic mass is 10.2. The maximum Gasteiger partial charge on any atom is 0.329 e. The summed E-state index contributed by atoms with van der Waals surface area (Å²) in [5, 5.41) is 14.1. The lowest BCUT2D eigenvalue weighted by Gasteiger charge is -2.16. The van der Waals surface area contributed by atoms with E-state index in [1.54, 1.807) is 6.07 Å². The number of nitrogens with zero attached hydrogens (tertiary/aromatic N) is 1. The molecule has 152 valence electrons. The number of hydrogen-bond donors (Lipinski definition) is 2. The Balaban J connectivity index is 1.90. The summed E-state index contributed by atoms with van der Waals surface area (Å²) in [5.41, 5.74) is 0.639. The van der Waals surface area contributed by atoms with Gasteiger partial charge < -0.3 is 19.8 Å². The van der Waals surface area contributed by atoms with Crippen LogP contribution in [0.3, 0.4) is 0 Å². The summed E-state index contributed by atoms with van der Waals surface area (Å²) in [7, 11) is 0. The molecule has 0 aliphatic carbocycles. The molecule has 2 N–H and O–H groups in total. The smallest absolute Gasteiger partial charge is 0.329 e. The zero-order chi connectivity index (χ0) is 21.2. The van der Waals surface area contributed by atoms with Gasteiger partial charge in [0, 0.05) is 5.69 Å². The van der Waals surface area contributed by atoms with Crippen LogP contribution in [0.25, 0.3) is 0 Å². The Kier molecular flexibility index (Phi) is 8.58. The van der Waals surface area contributed by atoms with Gasteiger partial charge in [0.15, 0.2) is 12.4 Å². The van der Waals surface area contributed by atoms with Crippen molar-refractivity contribution in [2.45, 2.75) is 12.5 Å². The second-order valence-electron chi connectivity index (χ2n) is 5.75. The molecule has 0 unspecified atom stereocenters. The summed E-state index contributed by atoms with van der Waals surface area (Å²) in [6, 6.07) is 8.42. The number of esters is 1. The number of halogens is 1. The Labute approximate surface area is 176 Å². The minimum absolute atomic E-state index is 0.0717. The van der Waals surface area contributed by atoms with E-state index in [2.05, 4.69) is 10.6 Å². The van der Waals surface area contributed by atoms with Gasteiger partial charge >= 0.3 is 5.97 Å². The molecule has 0 fully saturated rings. The van der Waals surface area contributed by atoms with Gasteiger partial charge in [-0.15, -0.1) is 0 Å². The maximum atomic E-state index is 12.3. The minimum atomic E-state index is -0.919. The first-order valence-electron chi connectivity index (χ1n) is 8.44. The normalized spacial score (nSPS) is 11.2. The van der Waals surface area contributed by atoms with Gasteiger partial charge in [0.2, 0.25) is 0 Å². The lowest BCUT2D eigenvalue weighted by Crippen LogP contribution is -2.43. The summed E-state index contributed by atoms with van der Waals surface area (Å²) in [4.78, 5) is 36.5. The highest BCUT2D eigenvalue weighted by atomic mass is 35.5. The van der Waals surface area contributed by atoms with E-state index in [4.69, 9.17) is 26.0 Å². The van der Waals surface area contributed by atoms with Gasteiger partial charge in [0.05, 0.1) is 16.8 Å². The van der Waals surface area contributed by atoms with Gasteiger partial charge in [-0.25, -0.2) is 4.79 Å². The van der Waals surface area contributed by atoms with Crippen molar-refractivity contribution in [1.29, 1.82) is 5.26 Å². The molecule has 2 rings (SSSR count). The average Bonchev–Trinajstić information content (AvgIpc) is 3.24. The summed E-state index contributed by atoms with van der Waals surface area (Å²) in [6.45, 7) is -0.539. The zero-order valence-electron chi connectivity index (χ0n) is 15.4. The molecule has 1 atom stereocenters. The van der Waals surface area contributed by atoms with E-state index in [0.717, 1.165) is 0 Å². The van der Waals surface area contributed by atoms with E-state index in [1.807, 2.05) is 12.3 Å². The van der Waals surface area contributed by atoms with Gasteiger partial charge in [0.25, 0.3) is 11.8 Å². The third-order valence-corrected chi connectivity index (χ3v) is 4.62. The van der Waals surface area contributed by atoms with Crippen LogP contribution in [0.2, 0.25) is 5.02 Å². The fraction of sp³-hybridized carbons (Fsp3) is 0.263. The second kappa shape index (κ2) is 11.1. The number of carbonyl (C=O) groups excluding carboxylic acids is 3. The monoisotopic (exact) mass is 435 g/mol. The molecule has 0 saturated carbocycles. The van der Waals surface area contributed by atoms with Gasteiger partial charge in [-0.3, -0.25) is 9.59 Å². The number of carbonyl (C=O) groups is 3. The molecule has 0 aliphatic rings. The molecule has 2 amide bonds. The number of anilines is 1. The van der Waals surface area contributed by atoms with Gasteiger partial charge in [-0.2, -0.15) is 17.0 Å². The number of benzene rings is 1. The van der Waals surface area contributed by atoms with Crippen molar-refractivity contribution in [2.24, 2.45) is 0 Å².